The van der Waals surface area contributed by atoms with Crippen molar-refractivity contribution in [3.8, 4) is 17.2 Å². The van der Waals surface area contributed by atoms with E-state index in [9.17, 15) is 13.2 Å². The Morgan fingerprint density at radius 2 is 1.74 bits per heavy atom. The molecular weight excluding hydrogens is 468 g/mol. The SMILES string of the molecule is O=C(NCc1cnn(-c2ccccc2)c1)c1cccc(NS(=O)(=O)c2ccc3c(c2)OCCO3)c1. The van der Waals surface area contributed by atoms with Gasteiger partial charge in [-0.15, -0.1) is 0 Å². The fourth-order valence-corrected chi connectivity index (χ4v) is 4.65. The van der Waals surface area contributed by atoms with Crippen molar-refractivity contribution in [1.82, 2.24) is 15.1 Å². The maximum Gasteiger partial charge on any atom is 0.262 e. The van der Waals surface area contributed by atoms with Crippen molar-refractivity contribution < 1.29 is 22.7 Å². The van der Waals surface area contributed by atoms with Gasteiger partial charge in [0.15, 0.2) is 11.5 Å². The molecule has 0 bridgehead atoms. The van der Waals surface area contributed by atoms with E-state index in [4.69, 9.17) is 9.47 Å². The second-order valence-electron chi connectivity index (χ2n) is 7.80. The van der Waals surface area contributed by atoms with Crippen molar-refractivity contribution in [2.24, 2.45) is 0 Å². The normalized spacial score (nSPS) is 12.7. The first-order valence-corrected chi connectivity index (χ1v) is 12.4. The van der Waals surface area contributed by atoms with Crippen LogP contribution in [0.15, 0.2) is 90.1 Å². The molecule has 0 aliphatic carbocycles. The van der Waals surface area contributed by atoms with Crippen LogP contribution in [0.2, 0.25) is 0 Å². The van der Waals surface area contributed by atoms with Crippen molar-refractivity contribution >= 4 is 21.6 Å². The average molecular weight is 491 g/mol. The Morgan fingerprint density at radius 3 is 2.57 bits per heavy atom. The first-order valence-electron chi connectivity index (χ1n) is 10.9. The molecule has 1 aromatic heterocycles. The number of sulfonamides is 1. The fraction of sp³-hybridized carbons (Fsp3) is 0.120. The number of anilines is 1. The van der Waals surface area contributed by atoms with E-state index in [-0.39, 0.29) is 23.0 Å². The Balaban J connectivity index is 1.25. The van der Waals surface area contributed by atoms with Crippen molar-refractivity contribution in [2.75, 3.05) is 17.9 Å². The third kappa shape index (κ3) is 5.12. The number of aromatic nitrogens is 2. The first kappa shape index (κ1) is 22.5. The number of amides is 1. The summed E-state index contributed by atoms with van der Waals surface area (Å²) in [6.45, 7) is 1.05. The number of hydrogen-bond donors (Lipinski definition) is 2. The number of nitrogens with one attached hydrogen (secondary N) is 2. The van der Waals surface area contributed by atoms with Crippen LogP contribution in [0.3, 0.4) is 0 Å². The van der Waals surface area contributed by atoms with E-state index in [1.165, 1.54) is 18.2 Å². The van der Waals surface area contributed by atoms with Gasteiger partial charge in [0.25, 0.3) is 15.9 Å². The van der Waals surface area contributed by atoms with Crippen LogP contribution < -0.4 is 19.5 Å². The van der Waals surface area contributed by atoms with Crippen molar-refractivity contribution in [2.45, 2.75) is 11.4 Å². The standard InChI is InChI=1S/C25H22N4O5S/c30-25(26-15-18-16-27-29(17-18)21-7-2-1-3-8-21)19-5-4-6-20(13-19)28-35(31,32)22-9-10-23-24(14-22)34-12-11-33-23/h1-10,13-14,16-17,28H,11-12,15H2,(H,26,30). The van der Waals surface area contributed by atoms with E-state index in [0.29, 0.717) is 30.3 Å². The zero-order valence-corrected chi connectivity index (χ0v) is 19.4. The van der Waals surface area contributed by atoms with Gasteiger partial charge in [-0.25, -0.2) is 13.1 Å². The van der Waals surface area contributed by atoms with Crippen LogP contribution in [0.5, 0.6) is 11.5 Å². The second kappa shape index (κ2) is 9.51. The largest absolute Gasteiger partial charge is 0.486 e. The molecule has 3 aromatic carbocycles. The molecule has 1 aliphatic heterocycles. The third-order valence-corrected chi connectivity index (χ3v) is 6.69. The maximum atomic E-state index is 12.9. The quantitative estimate of drug-likeness (QED) is 0.411. The summed E-state index contributed by atoms with van der Waals surface area (Å²) in [5, 5.41) is 7.16. The monoisotopic (exact) mass is 490 g/mol. The topological polar surface area (TPSA) is 112 Å². The zero-order chi connectivity index (χ0) is 24.3. The molecule has 9 nitrogen and oxygen atoms in total. The highest BCUT2D eigenvalue weighted by molar-refractivity contribution is 7.92. The summed E-state index contributed by atoms with van der Waals surface area (Å²) in [6.07, 6.45) is 3.53. The van der Waals surface area contributed by atoms with Gasteiger partial charge in [-0.1, -0.05) is 24.3 Å². The molecule has 0 saturated carbocycles. The van der Waals surface area contributed by atoms with Gasteiger partial charge in [0.1, 0.15) is 13.2 Å². The lowest BCUT2D eigenvalue weighted by molar-refractivity contribution is 0.0951. The number of carbonyl (C=O) groups excluding carboxylic acids is 1. The summed E-state index contributed by atoms with van der Waals surface area (Å²) in [4.78, 5) is 12.7. The number of hydrogen-bond acceptors (Lipinski definition) is 6. The number of carbonyl (C=O) groups is 1. The molecule has 0 fully saturated rings. The molecule has 1 amide bonds. The van der Waals surface area contributed by atoms with Gasteiger partial charge in [-0.3, -0.25) is 9.52 Å². The van der Waals surface area contributed by atoms with Crippen molar-refractivity contribution in [3.63, 3.8) is 0 Å². The third-order valence-electron chi connectivity index (χ3n) is 5.31. The summed E-state index contributed by atoms with van der Waals surface area (Å²) in [5.41, 5.74) is 2.34. The van der Waals surface area contributed by atoms with E-state index in [0.717, 1.165) is 11.3 Å². The molecule has 0 atom stereocenters. The van der Waals surface area contributed by atoms with Gasteiger partial charge in [0.05, 0.1) is 16.8 Å². The zero-order valence-electron chi connectivity index (χ0n) is 18.5. The molecule has 1 aliphatic rings. The van der Waals surface area contributed by atoms with Crippen LogP contribution >= 0.6 is 0 Å². The van der Waals surface area contributed by atoms with Crippen LogP contribution in [0.4, 0.5) is 5.69 Å². The highest BCUT2D eigenvalue weighted by Gasteiger charge is 2.20. The van der Waals surface area contributed by atoms with Crippen LogP contribution in [0.1, 0.15) is 15.9 Å². The van der Waals surface area contributed by atoms with E-state index in [2.05, 4.69) is 15.1 Å². The molecule has 35 heavy (non-hydrogen) atoms. The predicted octanol–water partition coefficient (Wildman–Crippen LogP) is 3.37. The lowest BCUT2D eigenvalue weighted by Crippen LogP contribution is -2.23. The number of nitrogens with zero attached hydrogens (tertiary/aromatic N) is 2. The van der Waals surface area contributed by atoms with Crippen molar-refractivity contribution in [3.05, 3.63) is 96.3 Å². The number of rotatable bonds is 7. The smallest absolute Gasteiger partial charge is 0.262 e. The molecule has 0 spiro atoms. The molecule has 0 saturated heterocycles. The summed E-state index contributed by atoms with van der Waals surface area (Å²) in [5.74, 6) is 0.545. The lowest BCUT2D eigenvalue weighted by Gasteiger charge is -2.19. The van der Waals surface area contributed by atoms with Gasteiger partial charge in [0.2, 0.25) is 0 Å². The summed E-state index contributed by atoms with van der Waals surface area (Å²) in [6, 6.07) is 20.4. The van der Waals surface area contributed by atoms with Crippen molar-refractivity contribution in [1.29, 1.82) is 0 Å². The average Bonchev–Trinajstić information content (AvgIpc) is 3.36. The Bertz CT molecular complexity index is 1470. The fourth-order valence-electron chi connectivity index (χ4n) is 3.59. The van der Waals surface area contributed by atoms with Gasteiger partial charge < -0.3 is 14.8 Å². The van der Waals surface area contributed by atoms with Crippen LogP contribution in [0, 0.1) is 0 Å². The molecule has 0 unspecified atom stereocenters. The molecule has 2 heterocycles. The van der Waals surface area contributed by atoms with Gasteiger partial charge >= 0.3 is 0 Å². The highest BCUT2D eigenvalue weighted by Crippen LogP contribution is 2.32. The summed E-state index contributed by atoms with van der Waals surface area (Å²) in [7, 11) is -3.90. The maximum absolute atomic E-state index is 12.9. The molecule has 4 aromatic rings. The Morgan fingerprint density at radius 1 is 0.943 bits per heavy atom. The van der Waals surface area contributed by atoms with Gasteiger partial charge in [-0.2, -0.15) is 5.10 Å². The Kier molecular flexibility index (Phi) is 6.11. The van der Waals surface area contributed by atoms with E-state index in [1.807, 2.05) is 36.5 Å². The number of benzene rings is 3. The molecule has 10 heteroatoms. The van der Waals surface area contributed by atoms with Gasteiger partial charge in [0, 0.05) is 35.6 Å². The molecular formula is C25H22N4O5S. The molecule has 0 radical (unpaired) electrons. The molecule has 2 N–H and O–H groups in total. The summed E-state index contributed by atoms with van der Waals surface area (Å²) >= 11 is 0. The van der Waals surface area contributed by atoms with E-state index < -0.39 is 10.0 Å². The van der Waals surface area contributed by atoms with Crippen LogP contribution in [-0.4, -0.2) is 37.3 Å². The minimum absolute atomic E-state index is 0.0343. The highest BCUT2D eigenvalue weighted by atomic mass is 32.2. The predicted molar refractivity (Wildman–Crippen MR) is 129 cm³/mol. The number of para-hydroxylation sites is 1. The van der Waals surface area contributed by atoms with Crippen LogP contribution in [-0.2, 0) is 16.6 Å². The lowest BCUT2D eigenvalue weighted by atomic mass is 10.2. The molecule has 5 rings (SSSR count). The minimum atomic E-state index is -3.90. The van der Waals surface area contributed by atoms with E-state index >= 15 is 0 Å². The van der Waals surface area contributed by atoms with E-state index in [1.54, 1.807) is 35.1 Å². The van der Waals surface area contributed by atoms with Gasteiger partial charge in [-0.05, 0) is 42.5 Å². The summed E-state index contributed by atoms with van der Waals surface area (Å²) < 4.78 is 40.9. The first-order chi connectivity index (χ1) is 17.0. The minimum Gasteiger partial charge on any atom is -0.486 e. The second-order valence-corrected chi connectivity index (χ2v) is 9.49. The molecule has 178 valence electrons. The number of fused-ring (bicyclic) bond motifs is 1. The Hall–Kier alpha value is -4.31. The van der Waals surface area contributed by atoms with Crippen LogP contribution in [0.25, 0.3) is 5.69 Å². The number of ether oxygens (including phenoxy) is 2. The Labute approximate surface area is 202 Å².